The molecule has 4 atom stereocenters. The number of nitriles is 3. The van der Waals surface area contributed by atoms with Gasteiger partial charge in [-0.25, -0.2) is 0 Å². The summed E-state index contributed by atoms with van der Waals surface area (Å²) in [5, 5.41) is 39.5. The molecule has 0 aliphatic carbocycles. The third kappa shape index (κ3) is 3.97. The Balaban J connectivity index is 1.82. The van der Waals surface area contributed by atoms with Crippen molar-refractivity contribution >= 4 is 5.90 Å². The molecule has 180 valence electrons. The molecule has 1 N–H and O–H groups in total. The van der Waals surface area contributed by atoms with E-state index >= 15 is 0 Å². The second-order valence-corrected chi connectivity index (χ2v) is 9.86. The van der Waals surface area contributed by atoms with Gasteiger partial charge in [0, 0.05) is 5.56 Å². The molecule has 2 aliphatic heterocycles. The van der Waals surface area contributed by atoms with E-state index in [0.29, 0.717) is 12.0 Å². The second-order valence-electron chi connectivity index (χ2n) is 9.86. The highest BCUT2D eigenvalue weighted by Gasteiger charge is 2.79. The van der Waals surface area contributed by atoms with E-state index in [1.165, 1.54) is 38.5 Å². The van der Waals surface area contributed by atoms with Crippen LogP contribution >= 0.6 is 0 Å². The van der Waals surface area contributed by atoms with Crippen LogP contribution in [0.5, 0.6) is 0 Å². The van der Waals surface area contributed by atoms with E-state index in [1.807, 2.05) is 31.2 Å². The van der Waals surface area contributed by atoms with Crippen LogP contribution in [0.25, 0.3) is 0 Å². The van der Waals surface area contributed by atoms with Gasteiger partial charge in [0.2, 0.25) is 11.7 Å². The van der Waals surface area contributed by atoms with Crippen molar-refractivity contribution in [2.75, 3.05) is 0 Å². The first-order valence-corrected chi connectivity index (χ1v) is 12.6. The molecule has 34 heavy (non-hydrogen) atoms. The van der Waals surface area contributed by atoms with Crippen LogP contribution in [-0.4, -0.2) is 12.0 Å². The third-order valence-electron chi connectivity index (χ3n) is 7.81. The van der Waals surface area contributed by atoms with Gasteiger partial charge in [-0.05, 0) is 13.3 Å². The number of unbranched alkanes of at least 4 members (excludes halogenated alkanes) is 8. The number of ether oxygens (including phenoxy) is 2. The van der Waals surface area contributed by atoms with Gasteiger partial charge in [-0.2, -0.15) is 15.8 Å². The number of rotatable bonds is 11. The summed E-state index contributed by atoms with van der Waals surface area (Å²) in [4.78, 5) is 0. The first-order valence-electron chi connectivity index (χ1n) is 12.6. The van der Waals surface area contributed by atoms with Crippen LogP contribution in [0.1, 0.15) is 89.2 Å². The van der Waals surface area contributed by atoms with E-state index < -0.39 is 28.6 Å². The van der Waals surface area contributed by atoms with Crippen LogP contribution in [0.15, 0.2) is 24.3 Å². The summed E-state index contributed by atoms with van der Waals surface area (Å²) in [5.74, 6) is -2.40. The summed E-state index contributed by atoms with van der Waals surface area (Å²) in [6.45, 7) is 5.95. The molecule has 2 bridgehead atoms. The Morgan fingerprint density at radius 1 is 0.882 bits per heavy atom. The normalized spacial score (nSPS) is 29.0. The van der Waals surface area contributed by atoms with Crippen molar-refractivity contribution in [2.24, 2.45) is 16.7 Å². The Bertz CT molecular complexity index is 985. The van der Waals surface area contributed by atoms with Crippen molar-refractivity contribution < 1.29 is 9.47 Å². The Labute approximate surface area is 204 Å². The predicted octanol–water partition coefficient (Wildman–Crippen LogP) is 6.65. The number of fused-ring (bicyclic) bond motifs is 2. The lowest BCUT2D eigenvalue weighted by Crippen LogP contribution is -2.60. The van der Waals surface area contributed by atoms with Crippen molar-refractivity contribution in [3.8, 4) is 18.2 Å². The van der Waals surface area contributed by atoms with Gasteiger partial charge in [-0.15, -0.1) is 0 Å². The highest BCUT2D eigenvalue weighted by molar-refractivity contribution is 5.89. The number of hydrogen-bond acceptors (Lipinski definition) is 6. The minimum atomic E-state index is -1.80. The quantitative estimate of drug-likeness (QED) is 0.371. The van der Waals surface area contributed by atoms with Gasteiger partial charge in [0.05, 0.1) is 30.2 Å². The molecule has 0 aromatic heterocycles. The summed E-state index contributed by atoms with van der Waals surface area (Å²) < 4.78 is 12.5. The van der Waals surface area contributed by atoms with Gasteiger partial charge in [0.15, 0.2) is 10.8 Å². The van der Waals surface area contributed by atoms with Crippen molar-refractivity contribution in [1.82, 2.24) is 0 Å². The van der Waals surface area contributed by atoms with Crippen LogP contribution < -0.4 is 0 Å². The minimum absolute atomic E-state index is 0.347. The van der Waals surface area contributed by atoms with Gasteiger partial charge in [0.1, 0.15) is 0 Å². The van der Waals surface area contributed by atoms with Crippen LogP contribution in [-0.2, 0) is 15.3 Å². The minimum Gasteiger partial charge on any atom is -0.443 e. The molecule has 1 aromatic rings. The van der Waals surface area contributed by atoms with E-state index in [0.717, 1.165) is 24.8 Å². The van der Waals surface area contributed by atoms with Gasteiger partial charge >= 0.3 is 0 Å². The fourth-order valence-electron chi connectivity index (χ4n) is 5.66. The highest BCUT2D eigenvalue weighted by Crippen LogP contribution is 2.66. The molecule has 0 saturated carbocycles. The molecule has 0 spiro atoms. The maximum absolute atomic E-state index is 10.3. The zero-order valence-electron chi connectivity index (χ0n) is 20.7. The second kappa shape index (κ2) is 10.6. The topological polar surface area (TPSA) is 114 Å². The summed E-state index contributed by atoms with van der Waals surface area (Å²) in [6, 6.07) is 14.1. The zero-order valence-corrected chi connectivity index (χ0v) is 20.7. The monoisotopic (exact) mass is 460 g/mol. The van der Waals surface area contributed by atoms with Crippen molar-refractivity contribution in [1.29, 1.82) is 21.2 Å². The average Bonchev–Trinajstić information content (AvgIpc) is 3.00. The van der Waals surface area contributed by atoms with E-state index in [4.69, 9.17) is 14.9 Å². The van der Waals surface area contributed by atoms with E-state index in [9.17, 15) is 15.8 Å². The summed E-state index contributed by atoms with van der Waals surface area (Å²) >= 11 is 0. The molecule has 6 nitrogen and oxygen atoms in total. The molecule has 1 aromatic carbocycles. The Kier molecular flexibility index (Phi) is 8.01. The Morgan fingerprint density at radius 2 is 1.44 bits per heavy atom. The van der Waals surface area contributed by atoms with E-state index in [2.05, 4.69) is 25.1 Å². The lowest BCUT2D eigenvalue weighted by molar-refractivity contribution is -0.286. The average molecular weight is 461 g/mol. The highest BCUT2D eigenvalue weighted by atomic mass is 16.7. The molecule has 3 rings (SSSR count). The molecular weight excluding hydrogens is 424 g/mol. The molecule has 6 heteroatoms. The standard InChI is InChI=1S/C28H36N4O2/c1-4-5-6-7-8-9-10-11-12-13-24-26(18-29,19-30)27(20-31)22(3)28(33-24,34-25(27)32)23-16-14-21(2)15-17-23/h14-17,22,24,32H,4-13H2,1-3H3. The Morgan fingerprint density at radius 3 is 1.97 bits per heavy atom. The van der Waals surface area contributed by atoms with Crippen LogP contribution in [0.4, 0.5) is 0 Å². The van der Waals surface area contributed by atoms with Gasteiger partial charge in [0.25, 0.3) is 0 Å². The summed E-state index contributed by atoms with van der Waals surface area (Å²) in [7, 11) is 0. The van der Waals surface area contributed by atoms with Crippen LogP contribution in [0.3, 0.4) is 0 Å². The summed E-state index contributed by atoms with van der Waals surface area (Å²) in [5.41, 5.74) is -1.72. The third-order valence-corrected chi connectivity index (χ3v) is 7.81. The molecule has 0 amide bonds. The van der Waals surface area contributed by atoms with Gasteiger partial charge < -0.3 is 9.47 Å². The molecule has 2 fully saturated rings. The van der Waals surface area contributed by atoms with E-state index in [-0.39, 0.29) is 5.90 Å². The molecule has 0 radical (unpaired) electrons. The van der Waals surface area contributed by atoms with Crippen LogP contribution in [0.2, 0.25) is 0 Å². The lowest BCUT2D eigenvalue weighted by atomic mass is 9.53. The number of aryl methyl sites for hydroxylation is 1. The fraction of sp³-hybridized carbons (Fsp3) is 0.643. The van der Waals surface area contributed by atoms with Crippen molar-refractivity contribution in [3.63, 3.8) is 0 Å². The fourth-order valence-corrected chi connectivity index (χ4v) is 5.66. The van der Waals surface area contributed by atoms with E-state index in [1.54, 1.807) is 6.92 Å². The zero-order chi connectivity index (χ0) is 24.8. The van der Waals surface area contributed by atoms with Crippen LogP contribution in [0, 0.1) is 63.1 Å². The molecule has 2 aliphatic rings. The lowest BCUT2D eigenvalue weighted by Gasteiger charge is -2.48. The van der Waals surface area contributed by atoms with Gasteiger partial charge in [-0.3, -0.25) is 5.41 Å². The van der Waals surface area contributed by atoms with Gasteiger partial charge in [-0.1, -0.05) is 101 Å². The Hall–Kier alpha value is -2.88. The molecule has 2 heterocycles. The number of hydrogen-bond donors (Lipinski definition) is 1. The summed E-state index contributed by atoms with van der Waals surface area (Å²) in [6.07, 6.45) is 10.0. The molecule has 2 saturated heterocycles. The largest absolute Gasteiger partial charge is 0.443 e. The smallest absolute Gasteiger partial charge is 0.243 e. The first kappa shape index (κ1) is 25.7. The molecule has 4 unspecified atom stereocenters. The predicted molar refractivity (Wildman–Crippen MR) is 129 cm³/mol. The molecular formula is C28H36N4O2. The number of nitrogens with zero attached hydrogens (tertiary/aromatic N) is 3. The first-order chi connectivity index (χ1) is 16.4. The maximum atomic E-state index is 10.3. The maximum Gasteiger partial charge on any atom is 0.243 e. The SMILES string of the molecule is CCCCCCCCCCCC1OC2(c3ccc(C)cc3)OC(=N)C(C#N)(C2C)C1(C#N)C#N. The van der Waals surface area contributed by atoms with Crippen molar-refractivity contribution in [3.05, 3.63) is 35.4 Å². The van der Waals surface area contributed by atoms with Crippen molar-refractivity contribution in [2.45, 2.75) is 96.9 Å². The number of benzene rings is 1. The number of nitrogens with one attached hydrogen (secondary N) is 1.